The number of ether oxygens (including phenoxy) is 1. The second kappa shape index (κ2) is 7.40. The zero-order chi connectivity index (χ0) is 20.8. The monoisotopic (exact) mass is 434 g/mol. The number of likely N-dealkylation sites (tertiary alicyclic amines) is 1. The number of carbonyl (C=O) groups is 1. The number of piperidine rings is 1. The molecule has 0 radical (unpaired) electrons. The van der Waals surface area contributed by atoms with E-state index in [4.69, 9.17) is 9.72 Å². The van der Waals surface area contributed by atoms with Crippen molar-refractivity contribution in [2.24, 2.45) is 0 Å². The van der Waals surface area contributed by atoms with Crippen LogP contribution in [-0.4, -0.2) is 48.8 Å². The van der Waals surface area contributed by atoms with E-state index in [-0.39, 0.29) is 11.8 Å². The fraction of sp³-hybridized carbons (Fsp3) is 0.524. The van der Waals surface area contributed by atoms with Crippen LogP contribution in [-0.2, 0) is 21.0 Å². The highest BCUT2D eigenvalue weighted by Gasteiger charge is 2.29. The Hall–Kier alpha value is -1.93. The van der Waals surface area contributed by atoms with Crippen molar-refractivity contribution >= 4 is 27.3 Å². The summed E-state index contributed by atoms with van der Waals surface area (Å²) in [7, 11) is -3.10. The summed E-state index contributed by atoms with van der Waals surface area (Å²) in [5.41, 5.74) is 2.45. The number of hydrogen-bond acceptors (Lipinski definition) is 6. The number of fused-ring (bicyclic) bond motifs is 1. The first kappa shape index (κ1) is 20.3. The number of rotatable bonds is 2. The van der Waals surface area contributed by atoms with Crippen molar-refractivity contribution in [1.29, 1.82) is 0 Å². The van der Waals surface area contributed by atoms with Crippen LogP contribution in [0.25, 0.3) is 10.6 Å². The van der Waals surface area contributed by atoms with Gasteiger partial charge in [-0.15, -0.1) is 11.3 Å². The van der Waals surface area contributed by atoms with Crippen molar-refractivity contribution in [2.75, 3.05) is 18.8 Å². The molecule has 1 aromatic heterocycles. The van der Waals surface area contributed by atoms with Gasteiger partial charge in [0.05, 0.1) is 16.3 Å². The van der Waals surface area contributed by atoms with Crippen LogP contribution in [0.4, 0.5) is 4.79 Å². The minimum atomic E-state index is -3.10. The van der Waals surface area contributed by atoms with Gasteiger partial charge in [0.25, 0.3) is 0 Å². The maximum Gasteiger partial charge on any atom is 0.410 e. The van der Waals surface area contributed by atoms with E-state index in [1.165, 1.54) is 0 Å². The molecule has 8 heteroatoms. The van der Waals surface area contributed by atoms with Gasteiger partial charge in [0.2, 0.25) is 0 Å². The van der Waals surface area contributed by atoms with Gasteiger partial charge in [-0.2, -0.15) is 0 Å². The second-order valence-corrected chi connectivity index (χ2v) is 11.6. The van der Waals surface area contributed by atoms with Crippen LogP contribution < -0.4 is 0 Å². The van der Waals surface area contributed by atoms with Crippen LogP contribution in [0.1, 0.15) is 50.8 Å². The molecule has 3 heterocycles. The molecule has 1 aromatic carbocycles. The van der Waals surface area contributed by atoms with Gasteiger partial charge in [0, 0.05) is 30.0 Å². The van der Waals surface area contributed by atoms with Crippen LogP contribution in [0.15, 0.2) is 28.5 Å². The van der Waals surface area contributed by atoms with Gasteiger partial charge in [-0.1, -0.05) is 6.07 Å². The van der Waals surface area contributed by atoms with Gasteiger partial charge >= 0.3 is 6.09 Å². The predicted molar refractivity (Wildman–Crippen MR) is 113 cm³/mol. The number of hydrogen-bond donors (Lipinski definition) is 0. The number of amides is 1. The zero-order valence-electron chi connectivity index (χ0n) is 17.0. The molecule has 0 N–H and O–H groups in total. The number of aromatic nitrogens is 1. The lowest BCUT2D eigenvalue weighted by atomic mass is 9.94. The molecular formula is C21H26N2O4S2. The normalized spacial score (nSPS) is 19.2. The number of thiazole rings is 1. The van der Waals surface area contributed by atoms with Crippen LogP contribution in [0.2, 0.25) is 0 Å². The summed E-state index contributed by atoms with van der Waals surface area (Å²) in [6, 6.07) is 5.54. The summed E-state index contributed by atoms with van der Waals surface area (Å²) in [6.07, 6.45) is 2.06. The highest BCUT2D eigenvalue weighted by molar-refractivity contribution is 7.91. The van der Waals surface area contributed by atoms with Gasteiger partial charge in [-0.25, -0.2) is 18.2 Å². The highest BCUT2D eigenvalue weighted by atomic mass is 32.2. The molecular weight excluding hydrogens is 408 g/mol. The van der Waals surface area contributed by atoms with Gasteiger partial charge in [0.1, 0.15) is 10.6 Å². The van der Waals surface area contributed by atoms with E-state index >= 15 is 0 Å². The summed E-state index contributed by atoms with van der Waals surface area (Å²) in [6.45, 7) is 6.97. The van der Waals surface area contributed by atoms with Crippen molar-refractivity contribution < 1.29 is 17.9 Å². The van der Waals surface area contributed by atoms with Crippen LogP contribution in [0.5, 0.6) is 0 Å². The Morgan fingerprint density at radius 2 is 1.97 bits per heavy atom. The molecule has 0 saturated carbocycles. The molecule has 2 aliphatic rings. The molecule has 156 valence electrons. The van der Waals surface area contributed by atoms with E-state index in [1.54, 1.807) is 22.3 Å². The molecule has 2 aromatic rings. The molecule has 2 aliphatic heterocycles. The number of aryl methyl sites for hydroxylation is 1. The average molecular weight is 435 g/mol. The fourth-order valence-corrected chi connectivity index (χ4v) is 6.30. The maximum atomic E-state index is 12.2. The minimum absolute atomic E-state index is 0.200. The average Bonchev–Trinajstić information content (AvgIpc) is 3.25. The Kier molecular flexibility index (Phi) is 5.19. The molecule has 0 bridgehead atoms. The van der Waals surface area contributed by atoms with E-state index in [2.05, 4.69) is 5.38 Å². The molecule has 1 fully saturated rings. The van der Waals surface area contributed by atoms with Gasteiger partial charge in [0.15, 0.2) is 9.84 Å². The molecule has 4 rings (SSSR count). The Bertz CT molecular complexity index is 1030. The standard InChI is InChI=1S/C21H26N2O4S2/c1-21(2,3)27-20(24)23-9-6-14(7-10-23)17-13-28-19(22-17)16-4-5-18-15(12-16)8-11-29(18,25)26/h4-5,12-14H,6-11H2,1-3H3. The van der Waals surface area contributed by atoms with Crippen molar-refractivity contribution in [3.05, 3.63) is 34.8 Å². The van der Waals surface area contributed by atoms with E-state index < -0.39 is 15.4 Å². The molecule has 1 saturated heterocycles. The lowest BCUT2D eigenvalue weighted by Crippen LogP contribution is -2.41. The van der Waals surface area contributed by atoms with E-state index in [9.17, 15) is 13.2 Å². The fourth-order valence-electron chi connectivity index (χ4n) is 3.86. The quantitative estimate of drug-likeness (QED) is 0.706. The number of sulfone groups is 1. The van der Waals surface area contributed by atoms with Crippen LogP contribution in [0, 0.1) is 0 Å². The summed E-state index contributed by atoms with van der Waals surface area (Å²) in [4.78, 5) is 19.3. The smallest absolute Gasteiger partial charge is 0.410 e. The molecule has 29 heavy (non-hydrogen) atoms. The van der Waals surface area contributed by atoms with Crippen LogP contribution in [0.3, 0.4) is 0 Å². The zero-order valence-corrected chi connectivity index (χ0v) is 18.6. The molecule has 0 atom stereocenters. The first-order chi connectivity index (χ1) is 13.6. The Labute approximate surface area is 175 Å². The van der Waals surface area contributed by atoms with Gasteiger partial charge < -0.3 is 9.64 Å². The lowest BCUT2D eigenvalue weighted by molar-refractivity contribution is 0.0204. The highest BCUT2D eigenvalue weighted by Crippen LogP contribution is 2.35. The summed E-state index contributed by atoms with van der Waals surface area (Å²) < 4.78 is 29.5. The van der Waals surface area contributed by atoms with Gasteiger partial charge in [-0.3, -0.25) is 0 Å². The number of nitrogens with zero attached hydrogens (tertiary/aromatic N) is 2. The Morgan fingerprint density at radius 3 is 2.66 bits per heavy atom. The summed E-state index contributed by atoms with van der Waals surface area (Å²) >= 11 is 1.59. The Balaban J connectivity index is 1.43. The second-order valence-electron chi connectivity index (χ2n) is 8.71. The minimum Gasteiger partial charge on any atom is -0.444 e. The molecule has 0 unspecified atom stereocenters. The summed E-state index contributed by atoms with van der Waals surface area (Å²) in [5, 5.41) is 3.01. The number of benzene rings is 1. The third kappa shape index (κ3) is 4.33. The van der Waals surface area contributed by atoms with Gasteiger partial charge in [-0.05, 0) is 57.7 Å². The first-order valence-electron chi connectivity index (χ1n) is 9.92. The topological polar surface area (TPSA) is 76.6 Å². The predicted octanol–water partition coefficient (Wildman–Crippen LogP) is 4.25. The molecule has 0 spiro atoms. The van der Waals surface area contributed by atoms with Crippen molar-refractivity contribution in [2.45, 2.75) is 56.4 Å². The largest absolute Gasteiger partial charge is 0.444 e. The van der Waals surface area contributed by atoms with Crippen molar-refractivity contribution in [3.63, 3.8) is 0 Å². The SMILES string of the molecule is CC(C)(C)OC(=O)N1CCC(c2csc(-c3ccc4c(c3)CCS4(=O)=O)n2)CC1. The summed E-state index contributed by atoms with van der Waals surface area (Å²) in [5.74, 6) is 0.527. The first-order valence-corrected chi connectivity index (χ1v) is 12.4. The molecule has 1 amide bonds. The van der Waals surface area contributed by atoms with E-state index in [1.807, 2.05) is 32.9 Å². The van der Waals surface area contributed by atoms with Crippen molar-refractivity contribution in [1.82, 2.24) is 9.88 Å². The Morgan fingerprint density at radius 1 is 1.24 bits per heavy atom. The van der Waals surface area contributed by atoms with Crippen molar-refractivity contribution in [3.8, 4) is 10.6 Å². The maximum absolute atomic E-state index is 12.2. The van der Waals surface area contributed by atoms with E-state index in [0.717, 1.165) is 34.7 Å². The van der Waals surface area contributed by atoms with E-state index in [0.29, 0.717) is 30.3 Å². The lowest BCUT2D eigenvalue weighted by Gasteiger charge is -2.32. The van der Waals surface area contributed by atoms with Crippen LogP contribution >= 0.6 is 11.3 Å². The molecule has 0 aliphatic carbocycles. The number of carbonyl (C=O) groups excluding carboxylic acids is 1. The third-order valence-electron chi connectivity index (χ3n) is 5.37. The third-order valence-corrected chi connectivity index (χ3v) is 8.09. The molecule has 6 nitrogen and oxygen atoms in total.